The second-order valence-electron chi connectivity index (χ2n) is 7.20. The zero-order valence-electron chi connectivity index (χ0n) is 17.2. The number of nitrogen functional groups attached to an aromatic ring is 1. The molecule has 7 N–H and O–H groups in total. The van der Waals surface area contributed by atoms with E-state index in [1.54, 1.807) is 32.6 Å². The van der Waals surface area contributed by atoms with Crippen molar-refractivity contribution < 1.29 is 4.39 Å². The van der Waals surface area contributed by atoms with Crippen LogP contribution in [0.5, 0.6) is 0 Å². The number of rotatable bonds is 4. The van der Waals surface area contributed by atoms with E-state index in [0.29, 0.717) is 28.5 Å². The predicted octanol–water partition coefficient (Wildman–Crippen LogP) is 1.01. The number of halogens is 1. The van der Waals surface area contributed by atoms with Crippen molar-refractivity contribution in [1.29, 1.82) is 0 Å². The molecule has 3 rings (SSSR count). The lowest BCUT2D eigenvalue weighted by Crippen LogP contribution is -2.40. The molecule has 2 aromatic rings. The zero-order chi connectivity index (χ0) is 21.7. The molecule has 1 aromatic heterocycles. The highest BCUT2D eigenvalue weighted by Crippen LogP contribution is 2.26. The molecular weight excluding hydrogens is 383 g/mol. The predicted molar refractivity (Wildman–Crippen MR) is 117 cm³/mol. The number of nitrogens with two attached hydrogens (primary N) is 3. The van der Waals surface area contributed by atoms with Gasteiger partial charge in [0.15, 0.2) is 0 Å². The van der Waals surface area contributed by atoms with Gasteiger partial charge in [-0.05, 0) is 30.9 Å². The molecule has 0 spiro atoms. The fourth-order valence-electron chi connectivity index (χ4n) is 3.11. The minimum atomic E-state index is -0.504. The van der Waals surface area contributed by atoms with Crippen LogP contribution in [0.15, 0.2) is 36.3 Å². The molecule has 158 valence electrons. The number of aromatic nitrogens is 2. The molecule has 1 aliphatic rings. The summed E-state index contributed by atoms with van der Waals surface area (Å²) in [6.45, 7) is 1.55. The summed E-state index contributed by atoms with van der Waals surface area (Å²) in [5.41, 5.74) is 14.0. The van der Waals surface area contributed by atoms with Crippen molar-refractivity contribution in [2.45, 2.75) is 18.9 Å². The summed E-state index contributed by atoms with van der Waals surface area (Å²) in [4.78, 5) is 11.3. The molecule has 0 radical (unpaired) electrons. The third-order valence-electron chi connectivity index (χ3n) is 4.81. The van der Waals surface area contributed by atoms with E-state index >= 15 is 0 Å². The quantitative estimate of drug-likeness (QED) is 0.255. The van der Waals surface area contributed by atoms with Crippen molar-refractivity contribution in [2.75, 3.05) is 37.8 Å². The maximum Gasteiger partial charge on any atom is 0.225 e. The molecule has 30 heavy (non-hydrogen) atoms. The molecule has 0 aliphatic carbocycles. The Labute approximate surface area is 175 Å². The normalized spacial score (nSPS) is 14.8. The number of nitrogens with zero attached hydrogens (tertiary/aromatic N) is 4. The Kier molecular flexibility index (Phi) is 6.72. The SMILES string of the molecule is CN/C(C#Cc1cnc(N2CCC(N)CC2)nc1-c1ccc(N)c(F)c1)=C\N(C)N. The van der Waals surface area contributed by atoms with Gasteiger partial charge in [-0.15, -0.1) is 0 Å². The third-order valence-corrected chi connectivity index (χ3v) is 4.81. The van der Waals surface area contributed by atoms with Crippen LogP contribution in [0.2, 0.25) is 0 Å². The Morgan fingerprint density at radius 3 is 2.73 bits per heavy atom. The number of benzene rings is 1. The van der Waals surface area contributed by atoms with Crippen LogP contribution in [-0.4, -0.2) is 48.2 Å². The summed E-state index contributed by atoms with van der Waals surface area (Å²) in [5.74, 6) is 11.8. The average Bonchev–Trinajstić information content (AvgIpc) is 2.73. The number of hydrogen-bond acceptors (Lipinski definition) is 8. The van der Waals surface area contributed by atoms with Gasteiger partial charge in [-0.25, -0.2) is 20.2 Å². The summed E-state index contributed by atoms with van der Waals surface area (Å²) in [7, 11) is 3.45. The highest BCUT2D eigenvalue weighted by atomic mass is 19.1. The van der Waals surface area contributed by atoms with Gasteiger partial charge in [0.25, 0.3) is 0 Å². The van der Waals surface area contributed by atoms with Crippen LogP contribution >= 0.6 is 0 Å². The number of hydrazine groups is 1. The molecule has 0 saturated carbocycles. The maximum atomic E-state index is 14.1. The first-order valence-corrected chi connectivity index (χ1v) is 9.69. The molecule has 0 amide bonds. The highest BCUT2D eigenvalue weighted by Gasteiger charge is 2.20. The third kappa shape index (κ3) is 5.17. The van der Waals surface area contributed by atoms with Crippen molar-refractivity contribution in [2.24, 2.45) is 11.6 Å². The van der Waals surface area contributed by atoms with Crippen LogP contribution in [0, 0.1) is 17.7 Å². The standard InChI is InChI=1S/C21H27FN8/c1-26-17(13-29(2)25)5-3-15-12-27-21(30-9-7-16(23)8-10-30)28-20(15)14-4-6-19(24)18(22)11-14/h4,6,11-13,16,26H,7-10,23-25H2,1-2H3/b17-13-. The maximum absolute atomic E-state index is 14.1. The van der Waals surface area contributed by atoms with Gasteiger partial charge in [0.05, 0.1) is 16.9 Å². The summed E-state index contributed by atoms with van der Waals surface area (Å²) in [5, 5.41) is 4.38. The van der Waals surface area contributed by atoms with Gasteiger partial charge < -0.3 is 26.7 Å². The number of anilines is 2. The first kappa shape index (κ1) is 21.4. The minimum Gasteiger partial charge on any atom is -0.396 e. The van der Waals surface area contributed by atoms with E-state index in [-0.39, 0.29) is 11.7 Å². The topological polar surface area (TPSA) is 122 Å². The largest absolute Gasteiger partial charge is 0.396 e. The Hall–Kier alpha value is -3.35. The summed E-state index contributed by atoms with van der Waals surface area (Å²) in [6.07, 6.45) is 5.06. The molecular formula is C21H27FN8. The Balaban J connectivity index is 2.04. The molecule has 1 fully saturated rings. The van der Waals surface area contributed by atoms with Crippen LogP contribution in [0.3, 0.4) is 0 Å². The second kappa shape index (κ2) is 9.43. The summed E-state index contributed by atoms with van der Waals surface area (Å²) >= 11 is 0. The molecule has 9 heteroatoms. The van der Waals surface area contributed by atoms with Gasteiger partial charge in [0.1, 0.15) is 11.5 Å². The minimum absolute atomic E-state index is 0.0806. The lowest BCUT2D eigenvalue weighted by molar-refractivity contribution is 0.479. The summed E-state index contributed by atoms with van der Waals surface area (Å²) < 4.78 is 14.1. The first-order valence-electron chi connectivity index (χ1n) is 9.69. The Morgan fingerprint density at radius 2 is 2.10 bits per heavy atom. The first-order chi connectivity index (χ1) is 14.4. The fraction of sp³-hybridized carbons (Fsp3) is 0.333. The van der Waals surface area contributed by atoms with Crippen molar-refractivity contribution in [3.05, 3.63) is 47.7 Å². The number of nitrogens with one attached hydrogen (secondary N) is 1. The zero-order valence-corrected chi connectivity index (χ0v) is 17.2. The smallest absolute Gasteiger partial charge is 0.225 e. The van der Waals surface area contributed by atoms with Crippen LogP contribution in [0.25, 0.3) is 11.3 Å². The van der Waals surface area contributed by atoms with E-state index < -0.39 is 5.82 Å². The van der Waals surface area contributed by atoms with E-state index in [1.165, 1.54) is 17.1 Å². The van der Waals surface area contributed by atoms with Crippen LogP contribution in [0.1, 0.15) is 18.4 Å². The second-order valence-corrected chi connectivity index (χ2v) is 7.20. The molecule has 8 nitrogen and oxygen atoms in total. The van der Waals surface area contributed by atoms with Crippen molar-refractivity contribution >= 4 is 11.6 Å². The van der Waals surface area contributed by atoms with E-state index in [9.17, 15) is 4.39 Å². The molecule has 1 saturated heterocycles. The average molecular weight is 411 g/mol. The van der Waals surface area contributed by atoms with Crippen LogP contribution < -0.4 is 27.5 Å². The number of hydrogen-bond donors (Lipinski definition) is 4. The molecule has 0 bridgehead atoms. The van der Waals surface area contributed by atoms with E-state index in [1.807, 2.05) is 0 Å². The van der Waals surface area contributed by atoms with Gasteiger partial charge in [-0.1, -0.05) is 12.0 Å². The molecule has 1 aliphatic heterocycles. The van der Waals surface area contributed by atoms with Crippen molar-refractivity contribution in [3.8, 4) is 23.1 Å². The monoisotopic (exact) mass is 410 g/mol. The van der Waals surface area contributed by atoms with Crippen molar-refractivity contribution in [1.82, 2.24) is 20.3 Å². The van der Waals surface area contributed by atoms with Gasteiger partial charge >= 0.3 is 0 Å². The Bertz CT molecular complexity index is 984. The number of piperidine rings is 1. The van der Waals surface area contributed by atoms with E-state index in [2.05, 4.69) is 27.0 Å². The van der Waals surface area contributed by atoms with Gasteiger partial charge in [-0.2, -0.15) is 0 Å². The molecule has 0 atom stereocenters. The van der Waals surface area contributed by atoms with Crippen molar-refractivity contribution in [3.63, 3.8) is 0 Å². The summed E-state index contributed by atoms with van der Waals surface area (Å²) in [6, 6.07) is 4.81. The molecule has 0 unspecified atom stereocenters. The van der Waals surface area contributed by atoms with Gasteiger partial charge in [-0.3, -0.25) is 0 Å². The number of allylic oxidation sites excluding steroid dienone is 1. The lowest BCUT2D eigenvalue weighted by atomic mass is 10.1. The fourth-order valence-corrected chi connectivity index (χ4v) is 3.11. The van der Waals surface area contributed by atoms with Crippen LogP contribution in [0.4, 0.5) is 16.0 Å². The van der Waals surface area contributed by atoms with Gasteiger partial charge in [0, 0.05) is 51.2 Å². The Morgan fingerprint density at radius 1 is 1.37 bits per heavy atom. The van der Waals surface area contributed by atoms with E-state index in [0.717, 1.165) is 25.9 Å². The van der Waals surface area contributed by atoms with E-state index in [4.69, 9.17) is 22.3 Å². The van der Waals surface area contributed by atoms with Crippen LogP contribution in [-0.2, 0) is 0 Å². The molecule has 2 heterocycles. The highest BCUT2D eigenvalue weighted by molar-refractivity contribution is 5.70. The lowest BCUT2D eigenvalue weighted by Gasteiger charge is -2.30. The van der Waals surface area contributed by atoms with Gasteiger partial charge in [0.2, 0.25) is 5.95 Å². The molecule has 1 aromatic carbocycles.